The molecular formula is C114H124Cl5K2N15O13. The number of nitrogens with one attached hydrogen (secondary N) is 4. The van der Waals surface area contributed by atoms with Gasteiger partial charge in [-0.15, -0.1) is 61.2 Å². The zero-order valence-corrected chi connectivity index (χ0v) is 96.2. The minimum absolute atomic E-state index is 0. The minimum Gasteiger partial charge on any atom is -1.00 e. The van der Waals surface area contributed by atoms with Gasteiger partial charge in [-0.05, 0) is 211 Å². The van der Waals surface area contributed by atoms with Crippen LogP contribution in [0.1, 0.15) is 129 Å². The van der Waals surface area contributed by atoms with E-state index in [4.69, 9.17) is 67.6 Å². The maximum Gasteiger partial charge on any atom is 1.00 e. The molecule has 0 saturated heterocycles. The molecule has 0 atom stereocenters. The Hall–Kier alpha value is -12.7. The number of ether oxygens (including phenoxy) is 5. The van der Waals surface area contributed by atoms with Crippen LogP contribution < -0.4 is 161 Å². The molecule has 0 aliphatic carbocycles. The number of rotatable bonds is 17. The zero-order valence-electron chi connectivity index (χ0n) is 86.9. The Kier molecular flexibility index (Phi) is 52.3. The van der Waals surface area contributed by atoms with Crippen LogP contribution in [-0.4, -0.2) is 85.6 Å². The molecule has 12 aromatic carbocycles. The molecule has 0 radical (unpaired) electrons. The third kappa shape index (κ3) is 39.3. The number of phenolic OH excluding ortho intramolecular Hbond substituents is 2. The number of hydrogen-bond acceptors (Lipinski definition) is 22. The number of nitrogens with two attached hydrogens (primary N) is 3. The van der Waals surface area contributed by atoms with Crippen molar-refractivity contribution in [2.75, 3.05) is 38.5 Å². The van der Waals surface area contributed by atoms with E-state index in [9.17, 15) is 24.6 Å². The first kappa shape index (κ1) is 127. The number of nitrogen functional groups attached to an aromatic ring is 3. The summed E-state index contributed by atoms with van der Waals surface area (Å²) in [4.78, 5) is 64.2. The normalized spacial score (nSPS) is 10.4. The molecule has 0 aliphatic rings. The van der Waals surface area contributed by atoms with E-state index >= 15 is 0 Å². The maximum atomic E-state index is 13.2. The molecule has 770 valence electrons. The van der Waals surface area contributed by atoms with Gasteiger partial charge in [-0.3, -0.25) is 40.7 Å². The number of carbonyl (C=O) groups is 4. The molecular weight excluding hydrogens is 2040 g/mol. The van der Waals surface area contributed by atoms with Crippen molar-refractivity contribution in [3.05, 3.63) is 386 Å². The number of amides is 4. The van der Waals surface area contributed by atoms with Crippen molar-refractivity contribution in [1.82, 2.24) is 39.5 Å². The van der Waals surface area contributed by atoms with E-state index in [0.29, 0.717) is 65.5 Å². The van der Waals surface area contributed by atoms with Crippen LogP contribution in [0.2, 0.25) is 0 Å². The molecule has 18 aromatic rings. The second-order valence-electron chi connectivity index (χ2n) is 36.7. The second kappa shape index (κ2) is 61.5. The summed E-state index contributed by atoms with van der Waals surface area (Å²) in [5.74, 6) is 4.66. The number of pyridine rings is 4. The van der Waals surface area contributed by atoms with E-state index in [1.807, 2.05) is 297 Å². The summed E-state index contributed by atoms with van der Waals surface area (Å²) in [6, 6.07) is 91.3. The smallest absolute Gasteiger partial charge is 1.00 e. The van der Waals surface area contributed by atoms with Crippen LogP contribution in [0.25, 0.3) is 65.2 Å². The average Bonchev–Trinajstić information content (AvgIpc) is 1.70. The Labute approximate surface area is 984 Å². The summed E-state index contributed by atoms with van der Waals surface area (Å²) < 4.78 is 32.1. The molecule has 18 rings (SSSR count). The van der Waals surface area contributed by atoms with Gasteiger partial charge in [-0.25, -0.2) is 23.7 Å². The van der Waals surface area contributed by atoms with Crippen LogP contribution in [0.4, 0.5) is 54.5 Å². The number of benzene rings is 12. The predicted molar refractivity (Wildman–Crippen MR) is 599 cm³/mol. The monoisotopic (exact) mass is 2160 g/mol. The number of aromatic nitrogens is 8. The van der Waals surface area contributed by atoms with Crippen LogP contribution in [-0.2, 0) is 55.7 Å². The number of urea groups is 1. The Balaban J connectivity index is 0.000000373. The van der Waals surface area contributed by atoms with Gasteiger partial charge in [0.1, 0.15) is 71.4 Å². The summed E-state index contributed by atoms with van der Waals surface area (Å²) >= 11 is 5.50. The Bertz CT molecular complexity index is 7230. The van der Waals surface area contributed by atoms with E-state index < -0.39 is 23.4 Å². The van der Waals surface area contributed by atoms with Gasteiger partial charge in [-0.2, -0.15) is 10.2 Å². The van der Waals surface area contributed by atoms with Crippen molar-refractivity contribution in [1.29, 1.82) is 0 Å². The number of phenols is 2. The number of nitrogens with zero attached hydrogens (tertiary/aromatic N) is 8. The molecule has 0 fully saturated rings. The van der Waals surface area contributed by atoms with Crippen LogP contribution in [0.15, 0.2) is 341 Å². The molecule has 0 saturated carbocycles. The molecule has 0 unspecified atom stereocenters. The first-order valence-electron chi connectivity index (χ1n) is 45.8. The van der Waals surface area contributed by atoms with E-state index in [0.717, 1.165) is 122 Å². The number of anilines is 7. The Morgan fingerprint density at radius 1 is 0.376 bits per heavy atom. The Morgan fingerprint density at radius 3 is 1.01 bits per heavy atom. The minimum atomic E-state index is -0.548. The second-order valence-corrected chi connectivity index (χ2v) is 37.0. The largest absolute Gasteiger partial charge is 1.00 e. The maximum absolute atomic E-state index is 13.2. The molecule has 12 N–H and O–H groups in total. The first-order valence-corrected chi connectivity index (χ1v) is 46.3. The summed E-state index contributed by atoms with van der Waals surface area (Å²) in [7, 11) is 0. The van der Waals surface area contributed by atoms with Gasteiger partial charge in [0.25, 0.3) is 6.47 Å². The number of alkyl halides is 1. The molecule has 6 aromatic heterocycles. The topological polar surface area (TPSA) is 401 Å². The van der Waals surface area contributed by atoms with Gasteiger partial charge in [0.2, 0.25) is 0 Å². The summed E-state index contributed by atoms with van der Waals surface area (Å²) in [5, 5.41) is 57.4. The molecule has 4 amide bonds. The van der Waals surface area contributed by atoms with Crippen molar-refractivity contribution in [2.45, 2.75) is 145 Å². The van der Waals surface area contributed by atoms with Crippen molar-refractivity contribution in [2.24, 2.45) is 0 Å². The predicted octanol–water partition coefficient (Wildman–Crippen LogP) is 20.9. The zero-order chi connectivity index (χ0) is 103. The van der Waals surface area contributed by atoms with E-state index in [-0.39, 0.29) is 189 Å². The summed E-state index contributed by atoms with van der Waals surface area (Å²) in [5.41, 5.74) is 30.3. The van der Waals surface area contributed by atoms with Gasteiger partial charge < -0.3 is 68.0 Å². The van der Waals surface area contributed by atoms with Gasteiger partial charge in [-0.1, -0.05) is 198 Å². The van der Waals surface area contributed by atoms with E-state index in [1.54, 1.807) is 89.3 Å². The molecule has 35 heteroatoms. The first-order chi connectivity index (χ1) is 68.4. The summed E-state index contributed by atoms with van der Waals surface area (Å²) in [6.45, 7) is 29.0. The van der Waals surface area contributed by atoms with Crippen molar-refractivity contribution >= 4 is 180 Å². The molecule has 28 nitrogen and oxygen atoms in total. The standard InChI is InChI=1S/C31H31N5O2.C21H22N2O3.C16H14N2O.C15H17NO3.C14H19N3.C10H9NO.C6H6ClN.CH2O3.4ClH.2K.H/c1-21-9-11-23(12-10-21)36-29(19-28(35-36)31(2,3)4)34-30(37)33-26-13-14-27(25-8-6-5-7-24(25)26)38-20-22-15-17-32-18-16-22;1-21(2,3)26-20(24)23-18-8-9-19(17-7-5-4-6-16(17)18)25-14-15-10-12-22-13-11-15;17-15-5-6-16(14-4-2-1-3-13(14)15)19-11-12-7-9-18-10-8-12;1-15(2,3)19-14(18)16-12-8-9-13(17)11-7-5-4-6-10(11)12;1-10-5-7-11(8-6-10)17-13(15)9-12(16-17)14(2,3)4;11-9-5-6-10(12)8-4-2-1-3-7(8)9;7-5-6-1-3-8-4-2-6;2-1-4-3;;;;;;;/h5-19H,20H2,1-4H3,(H2,33,34,37);4-13H,14H2,1-3H3,(H,23,24);1-10H,11,17H2;4-9,17H,1-3H3,(H,16,18);5-9H,15H2,1-4H3;1-6,12H,11H2;1-4H,5H2;1,3H;4*1H;;;/q;;;;;;;;;;;;2*+1;-1/p-1. The van der Waals surface area contributed by atoms with Crippen molar-refractivity contribution in [3.63, 3.8) is 0 Å². The number of hydrogen-bond donors (Lipinski definition) is 9. The molecule has 0 aliphatic heterocycles. The number of aromatic hydroxyl groups is 2. The van der Waals surface area contributed by atoms with Gasteiger partial charge in [0, 0.05) is 144 Å². The summed E-state index contributed by atoms with van der Waals surface area (Å²) in [6.07, 6.45) is 13.0. The fourth-order valence-electron chi connectivity index (χ4n) is 14.0. The van der Waals surface area contributed by atoms with Crippen LogP contribution in [0.3, 0.4) is 0 Å². The van der Waals surface area contributed by atoms with E-state index in [2.05, 4.69) is 112 Å². The molecule has 0 bridgehead atoms. The van der Waals surface area contributed by atoms with E-state index in [1.165, 1.54) is 5.56 Å². The number of halogens is 5. The SMILES string of the molecule is CC(C)(C)OC(=O)Nc1ccc(O)c2ccccc12.CC(C)(C)OC(=O)Nc1ccc(OCc2ccncc2)c2ccccc12.Cc1ccc(-n2nc(C(C)(C)C)cc2N)cc1.Cc1ccc(-n2nc(C(C)(C)C)cc2NC(=O)Nc2ccc(OCc3ccncc3)c3ccccc23)cc1.Cl.Cl.Cl.Cl.ClCc1ccncc1.Nc1ccc(O)c2ccccc12.Nc1ccc(OCc2ccncc2)c2ccccc12.O=CO[O-].[H-].[K+].[K+]. The van der Waals surface area contributed by atoms with Gasteiger partial charge >= 0.3 is 121 Å². The van der Waals surface area contributed by atoms with Crippen LogP contribution in [0, 0.1) is 13.8 Å². The van der Waals surface area contributed by atoms with Crippen LogP contribution in [0.5, 0.6) is 28.7 Å². The molecule has 0 spiro atoms. The van der Waals surface area contributed by atoms with Crippen LogP contribution >= 0.6 is 61.2 Å². The van der Waals surface area contributed by atoms with Crippen molar-refractivity contribution < 1.29 is 167 Å². The number of aryl methyl sites for hydroxylation is 2. The molecule has 149 heavy (non-hydrogen) atoms. The third-order valence-electron chi connectivity index (χ3n) is 21.2. The molecule has 6 heterocycles. The van der Waals surface area contributed by atoms with Gasteiger partial charge in [0.15, 0.2) is 0 Å². The van der Waals surface area contributed by atoms with Gasteiger partial charge in [0.05, 0.1) is 39.8 Å². The quantitative estimate of drug-likeness (QED) is 0.00777. The fourth-order valence-corrected chi connectivity index (χ4v) is 14.2. The third-order valence-corrected chi connectivity index (χ3v) is 21.5. The fraction of sp³-hybridized carbons (Fsp3) is 0.193. The number of carbonyl (C=O) groups excluding carboxylic acids is 4. The number of fused-ring (bicyclic) bond motifs is 5. The Morgan fingerprint density at radius 2 is 0.664 bits per heavy atom. The average molecular weight is 2170 g/mol. The van der Waals surface area contributed by atoms with Crippen molar-refractivity contribution in [3.8, 4) is 40.1 Å².